The largest absolute Gasteiger partial charge is 0.0636 e. The molecule has 47 heavy (non-hydrogen) atoms. The zero-order valence-corrected chi connectivity index (χ0v) is 24.9. The van der Waals surface area contributed by atoms with Crippen molar-refractivity contribution in [2.45, 2.75) is 19.1 Å². The highest BCUT2D eigenvalue weighted by molar-refractivity contribution is 6.27. The van der Waals surface area contributed by atoms with E-state index >= 15 is 0 Å². The summed E-state index contributed by atoms with van der Waals surface area (Å²) in [6.07, 6.45) is 0. The van der Waals surface area contributed by atoms with Crippen LogP contribution in [0, 0.1) is 0 Å². The van der Waals surface area contributed by atoms with Crippen LogP contribution < -0.4 is 0 Å². The van der Waals surface area contributed by atoms with Crippen LogP contribution in [0.3, 0.4) is 0 Å². The van der Waals surface area contributed by atoms with E-state index in [4.69, 9.17) is 11.0 Å². The minimum absolute atomic E-state index is 0.0464. The van der Waals surface area contributed by atoms with Crippen LogP contribution in [0.4, 0.5) is 0 Å². The fraction of sp³-hybridized carbons (Fsp3) is 0.0638. The summed E-state index contributed by atoms with van der Waals surface area (Å²) in [6, 6.07) is 31.6. The predicted octanol–water partition coefficient (Wildman–Crippen LogP) is 13.1. The van der Waals surface area contributed by atoms with Crippen molar-refractivity contribution in [2.24, 2.45) is 0 Å². The van der Waals surface area contributed by atoms with E-state index in [2.05, 4.69) is 0 Å². The average Bonchev–Trinajstić information content (AvgIpc) is 3.55. The molecule has 0 N–H and O–H groups in total. The average molecular weight is 607 g/mol. The highest BCUT2D eigenvalue weighted by Gasteiger charge is 2.38. The van der Waals surface area contributed by atoms with Gasteiger partial charge in [0.15, 0.2) is 0 Å². The molecule has 0 heteroatoms. The molecule has 0 amide bonds. The van der Waals surface area contributed by atoms with Crippen LogP contribution in [0.1, 0.15) is 41.3 Å². The highest BCUT2D eigenvalue weighted by Crippen LogP contribution is 2.55. The maximum Gasteiger partial charge on any atom is 0.0636 e. The van der Waals surface area contributed by atoms with Gasteiger partial charge in [-0.2, -0.15) is 0 Å². The molecule has 11 rings (SSSR count). The molecule has 0 saturated carbocycles. The van der Waals surface area contributed by atoms with Crippen molar-refractivity contribution in [3.63, 3.8) is 0 Å². The number of benzene rings is 10. The van der Waals surface area contributed by atoms with Gasteiger partial charge in [0.1, 0.15) is 0 Å². The molecule has 0 fully saturated rings. The van der Waals surface area contributed by atoms with Crippen molar-refractivity contribution < 1.29 is 16.4 Å². The third-order valence-corrected chi connectivity index (χ3v) is 10.3. The van der Waals surface area contributed by atoms with Gasteiger partial charge in [0.25, 0.3) is 0 Å². The molecule has 1 aliphatic carbocycles. The molecule has 1 aliphatic rings. The van der Waals surface area contributed by atoms with E-state index in [1.165, 1.54) is 0 Å². The second kappa shape index (κ2) is 8.75. The van der Waals surface area contributed by atoms with Crippen molar-refractivity contribution in [3.8, 4) is 33.4 Å². The van der Waals surface area contributed by atoms with Gasteiger partial charge in [0.05, 0.1) is 8.22 Å². The Hall–Kier alpha value is -5.72. The summed E-state index contributed by atoms with van der Waals surface area (Å²) >= 11 is 0. The van der Waals surface area contributed by atoms with Crippen molar-refractivity contribution in [1.29, 1.82) is 0 Å². The fourth-order valence-electron chi connectivity index (χ4n) is 8.24. The lowest BCUT2D eigenvalue weighted by Gasteiger charge is -2.26. The van der Waals surface area contributed by atoms with Crippen LogP contribution in [-0.4, -0.2) is 0 Å². The summed E-state index contributed by atoms with van der Waals surface area (Å²) in [6.45, 7) is -6.91. The lowest BCUT2D eigenvalue weighted by molar-refractivity contribution is 0.662. The summed E-state index contributed by atoms with van der Waals surface area (Å²) in [7, 11) is 0. The van der Waals surface area contributed by atoms with Gasteiger partial charge in [0, 0.05) is 13.6 Å². The molecular weight excluding hydrogens is 565 g/mol. The molecule has 10 aromatic rings. The number of fused-ring (bicyclic) bond motifs is 3. The van der Waals surface area contributed by atoms with Gasteiger partial charge in [-0.1, -0.05) is 147 Å². The molecule has 0 aromatic heterocycles. The zero-order valence-electron chi connectivity index (χ0n) is 36.9. The Labute approximate surface area is 290 Å². The first kappa shape index (κ1) is 16.7. The Morgan fingerprint density at radius 1 is 0.447 bits per heavy atom. The summed E-state index contributed by atoms with van der Waals surface area (Å²) in [5.74, 6) is 0. The van der Waals surface area contributed by atoms with E-state index in [9.17, 15) is 5.48 Å². The minimum Gasteiger partial charge on any atom is -0.0619 e. The molecule has 0 atom stereocenters. The van der Waals surface area contributed by atoms with E-state index in [0.717, 1.165) is 59.2 Å². The van der Waals surface area contributed by atoms with Gasteiger partial charge in [0.2, 0.25) is 0 Å². The van der Waals surface area contributed by atoms with Gasteiger partial charge in [-0.15, -0.1) is 0 Å². The van der Waals surface area contributed by atoms with Gasteiger partial charge in [-0.25, -0.2) is 0 Å². The molecule has 0 saturated heterocycles. The number of rotatable bonds is 2. The van der Waals surface area contributed by atoms with Crippen LogP contribution in [0.2, 0.25) is 0 Å². The first-order valence-electron chi connectivity index (χ1n) is 21.7. The van der Waals surface area contributed by atoms with Crippen molar-refractivity contribution in [3.05, 3.63) is 157 Å². The standard InChI is InChI=1S/C47H30/c1-47(2)41-12-4-3-11-36(41)40-26-33(34-21-17-31-15-13-27-7-5-9-29-19-23-37(34)44(31)42(27)29)25-39(46(40)47)35-22-18-32-16-14-28-8-6-10-30-20-24-38(35)45(32)43(28)30/h3-26H,1-2H3/i1D3,2D3,3D,4D,11D,12D,25D,26D. The van der Waals surface area contributed by atoms with Crippen molar-refractivity contribution in [1.82, 2.24) is 0 Å². The van der Waals surface area contributed by atoms with E-state index < -0.39 is 48.9 Å². The number of hydrogen-bond donors (Lipinski definition) is 0. The van der Waals surface area contributed by atoms with Crippen molar-refractivity contribution >= 4 is 64.6 Å². The molecule has 0 heterocycles. The van der Waals surface area contributed by atoms with Gasteiger partial charge >= 0.3 is 0 Å². The monoisotopic (exact) mass is 606 g/mol. The minimum atomic E-state index is -3.46. The Kier molecular flexibility index (Phi) is 3.11. The molecule has 10 aromatic carbocycles. The summed E-state index contributed by atoms with van der Waals surface area (Å²) in [4.78, 5) is 0. The molecule has 0 radical (unpaired) electrons. The maximum atomic E-state index is 10.3. The Bertz CT molecular complexity index is 3440. The van der Waals surface area contributed by atoms with Gasteiger partial charge in [-0.05, 0) is 121 Å². The van der Waals surface area contributed by atoms with Gasteiger partial charge in [-0.3, -0.25) is 0 Å². The van der Waals surface area contributed by atoms with Crippen LogP contribution in [0.5, 0.6) is 0 Å². The first-order chi connectivity index (χ1) is 28.1. The van der Waals surface area contributed by atoms with Crippen LogP contribution in [0.15, 0.2) is 145 Å². The summed E-state index contributed by atoms with van der Waals surface area (Å²) < 4.78 is 111. The van der Waals surface area contributed by atoms with E-state index in [1.807, 2.05) is 103 Å². The van der Waals surface area contributed by atoms with Crippen molar-refractivity contribution in [2.75, 3.05) is 0 Å². The smallest absolute Gasteiger partial charge is 0.0619 e. The summed E-state index contributed by atoms with van der Waals surface area (Å²) in [5.41, 5.74) is -3.75. The maximum absolute atomic E-state index is 10.3. The SMILES string of the molecule is [2H]c1c([2H])c([2H])c2c(c1[2H])-c1c([2H])c(-c3ccc4ccc5cccc6ccc3c4c56)c([2H])c(-c3ccc4ccc5cccc6ccc3c4c56)c1C2(C([2H])([2H])[2H])C([2H])([2H])[2H]. The van der Waals surface area contributed by atoms with Crippen LogP contribution in [0.25, 0.3) is 98.0 Å². The van der Waals surface area contributed by atoms with E-state index in [0.29, 0.717) is 16.5 Å². The van der Waals surface area contributed by atoms with E-state index in [-0.39, 0.29) is 39.9 Å². The lowest BCUT2D eigenvalue weighted by Crippen LogP contribution is -2.16. The van der Waals surface area contributed by atoms with E-state index in [1.54, 1.807) is 6.07 Å². The Morgan fingerprint density at radius 2 is 0.915 bits per heavy atom. The Balaban J connectivity index is 1.41. The highest BCUT2D eigenvalue weighted by atomic mass is 14.4. The molecule has 0 unspecified atom stereocenters. The van der Waals surface area contributed by atoms with Crippen LogP contribution >= 0.6 is 0 Å². The second-order valence-corrected chi connectivity index (χ2v) is 12.7. The molecule has 0 aliphatic heterocycles. The summed E-state index contributed by atoms with van der Waals surface area (Å²) in [5, 5.41) is 10.8. The quantitative estimate of drug-likeness (QED) is 0.172. The zero-order chi connectivity index (χ0) is 41.2. The molecule has 0 bridgehead atoms. The topological polar surface area (TPSA) is 0 Å². The third-order valence-electron chi connectivity index (χ3n) is 10.3. The van der Waals surface area contributed by atoms with Crippen LogP contribution in [-0.2, 0) is 5.41 Å². The lowest BCUT2D eigenvalue weighted by atomic mass is 9.77. The molecule has 218 valence electrons. The Morgan fingerprint density at radius 3 is 1.51 bits per heavy atom. The molecule has 0 nitrogen and oxygen atoms in total. The molecule has 0 spiro atoms. The molecular formula is C47H30. The van der Waals surface area contributed by atoms with Gasteiger partial charge < -0.3 is 0 Å². The normalized spacial score (nSPS) is 18.1. The first-order valence-corrected chi connectivity index (χ1v) is 15.7. The number of hydrogen-bond acceptors (Lipinski definition) is 0. The fourth-order valence-corrected chi connectivity index (χ4v) is 8.24. The third kappa shape index (κ3) is 3.23. The predicted molar refractivity (Wildman–Crippen MR) is 202 cm³/mol. The second-order valence-electron chi connectivity index (χ2n) is 12.7.